The Hall–Kier alpha value is -5.02. The normalized spacial score (nSPS) is 15.0. The molecule has 1 saturated heterocycles. The minimum atomic E-state index is -0.645. The molecule has 1 fully saturated rings. The Morgan fingerprint density at radius 2 is 1.51 bits per heavy atom. The third-order valence-electron chi connectivity index (χ3n) is 6.89. The molecule has 1 aliphatic heterocycles. The summed E-state index contributed by atoms with van der Waals surface area (Å²) >= 11 is 1.28. The first-order valence-corrected chi connectivity index (χ1v) is 14.4. The van der Waals surface area contributed by atoms with E-state index in [-0.39, 0.29) is 29.5 Å². The van der Waals surface area contributed by atoms with E-state index in [1.807, 2.05) is 32.0 Å². The summed E-state index contributed by atoms with van der Waals surface area (Å²) in [7, 11) is 0. The zero-order valence-corrected chi connectivity index (χ0v) is 24.3. The van der Waals surface area contributed by atoms with Crippen LogP contribution in [0.5, 0.6) is 0 Å². The van der Waals surface area contributed by atoms with Crippen LogP contribution in [-0.2, 0) is 14.4 Å². The van der Waals surface area contributed by atoms with Gasteiger partial charge in [0.25, 0.3) is 11.8 Å². The number of aryl methyl sites for hydroxylation is 2. The summed E-state index contributed by atoms with van der Waals surface area (Å²) in [6.45, 7) is 3.75. The predicted molar refractivity (Wildman–Crippen MR) is 166 cm³/mol. The van der Waals surface area contributed by atoms with Crippen LogP contribution in [0.15, 0.2) is 108 Å². The van der Waals surface area contributed by atoms with E-state index in [0.717, 1.165) is 16.0 Å². The molecule has 1 unspecified atom stereocenters. The van der Waals surface area contributed by atoms with Crippen LogP contribution in [0.4, 0.5) is 15.8 Å². The lowest BCUT2D eigenvalue weighted by molar-refractivity contribution is -0.121. The standard InChI is InChI=1S/C34H28FN3O4S/c1-21-9-8-10-22(2)31(21)38-30(39)20-29(34(38)42)43-26-17-15-25(16-18-26)36-33(41)28(19-24-13-6-7-14-27(24)35)37-32(40)23-11-4-3-5-12-23/h3-19,29H,20H2,1-2H3,(H,36,41)(H,37,40)/b28-19-. The van der Waals surface area contributed by atoms with Gasteiger partial charge in [0.2, 0.25) is 11.8 Å². The minimum absolute atomic E-state index is 0.0844. The van der Waals surface area contributed by atoms with Gasteiger partial charge in [-0.15, -0.1) is 11.8 Å². The Kier molecular flexibility index (Phi) is 8.82. The lowest BCUT2D eigenvalue weighted by Gasteiger charge is -2.19. The van der Waals surface area contributed by atoms with E-state index >= 15 is 0 Å². The van der Waals surface area contributed by atoms with Crippen molar-refractivity contribution in [2.45, 2.75) is 30.4 Å². The summed E-state index contributed by atoms with van der Waals surface area (Å²) in [6.07, 6.45) is 1.36. The van der Waals surface area contributed by atoms with E-state index in [4.69, 9.17) is 0 Å². The molecule has 9 heteroatoms. The van der Waals surface area contributed by atoms with Gasteiger partial charge in [-0.2, -0.15) is 0 Å². The number of imide groups is 1. The van der Waals surface area contributed by atoms with E-state index in [2.05, 4.69) is 10.6 Å². The average molecular weight is 594 g/mol. The van der Waals surface area contributed by atoms with Gasteiger partial charge in [-0.3, -0.25) is 19.2 Å². The number of hydrogen-bond donors (Lipinski definition) is 2. The molecular weight excluding hydrogens is 565 g/mol. The predicted octanol–water partition coefficient (Wildman–Crippen LogP) is 6.28. The van der Waals surface area contributed by atoms with Gasteiger partial charge < -0.3 is 10.6 Å². The van der Waals surface area contributed by atoms with E-state index in [1.54, 1.807) is 60.7 Å². The fourth-order valence-corrected chi connectivity index (χ4v) is 5.81. The number of para-hydroxylation sites is 1. The molecule has 1 heterocycles. The summed E-state index contributed by atoms with van der Waals surface area (Å²) in [5.41, 5.74) is 3.11. The van der Waals surface area contributed by atoms with Crippen LogP contribution in [0.2, 0.25) is 0 Å². The largest absolute Gasteiger partial charge is 0.321 e. The zero-order chi connectivity index (χ0) is 30.5. The second kappa shape index (κ2) is 12.9. The molecule has 5 rings (SSSR count). The van der Waals surface area contributed by atoms with Crippen LogP contribution < -0.4 is 15.5 Å². The number of amides is 4. The molecule has 0 aliphatic carbocycles. The Morgan fingerprint density at radius 3 is 2.19 bits per heavy atom. The number of anilines is 2. The fourth-order valence-electron chi connectivity index (χ4n) is 4.76. The number of hydrogen-bond acceptors (Lipinski definition) is 5. The molecule has 7 nitrogen and oxygen atoms in total. The summed E-state index contributed by atoms with van der Waals surface area (Å²) < 4.78 is 14.4. The number of carbonyl (C=O) groups is 4. The summed E-state index contributed by atoms with van der Waals surface area (Å²) in [5, 5.41) is 4.75. The first kappa shape index (κ1) is 29.5. The monoisotopic (exact) mass is 593 g/mol. The Bertz CT molecular complexity index is 1720. The Balaban J connectivity index is 1.30. The molecule has 4 aromatic carbocycles. The highest BCUT2D eigenvalue weighted by Crippen LogP contribution is 2.36. The van der Waals surface area contributed by atoms with Crippen LogP contribution in [0, 0.1) is 19.7 Å². The van der Waals surface area contributed by atoms with Gasteiger partial charge >= 0.3 is 0 Å². The van der Waals surface area contributed by atoms with Crippen molar-refractivity contribution >= 4 is 52.8 Å². The first-order valence-electron chi connectivity index (χ1n) is 13.5. The Morgan fingerprint density at radius 1 is 0.860 bits per heavy atom. The molecule has 0 radical (unpaired) electrons. The van der Waals surface area contributed by atoms with Gasteiger partial charge in [-0.05, 0) is 73.5 Å². The van der Waals surface area contributed by atoms with Crippen LogP contribution in [0.25, 0.3) is 6.08 Å². The SMILES string of the molecule is Cc1cccc(C)c1N1C(=O)CC(Sc2ccc(NC(=O)/C(=C/c3ccccc3F)NC(=O)c3ccccc3)cc2)C1=O. The lowest BCUT2D eigenvalue weighted by atomic mass is 10.1. The summed E-state index contributed by atoms with van der Waals surface area (Å²) in [6, 6.07) is 26.7. The Labute approximate surface area is 252 Å². The highest BCUT2D eigenvalue weighted by Gasteiger charge is 2.41. The van der Waals surface area contributed by atoms with Crippen molar-refractivity contribution < 1.29 is 23.6 Å². The summed E-state index contributed by atoms with van der Waals surface area (Å²) in [5.74, 6) is -2.21. The second-order valence-electron chi connectivity index (χ2n) is 10.00. The van der Waals surface area contributed by atoms with E-state index in [1.165, 1.54) is 40.9 Å². The number of carbonyl (C=O) groups excluding carboxylic acids is 4. The number of nitrogens with one attached hydrogen (secondary N) is 2. The molecule has 0 aromatic heterocycles. The maximum Gasteiger partial charge on any atom is 0.272 e. The highest BCUT2D eigenvalue weighted by atomic mass is 32.2. The van der Waals surface area contributed by atoms with Crippen LogP contribution in [-0.4, -0.2) is 28.9 Å². The molecule has 2 N–H and O–H groups in total. The van der Waals surface area contributed by atoms with Gasteiger partial charge in [0.15, 0.2) is 0 Å². The molecule has 1 atom stereocenters. The average Bonchev–Trinajstić information content (AvgIpc) is 3.27. The smallest absolute Gasteiger partial charge is 0.272 e. The van der Waals surface area contributed by atoms with Gasteiger partial charge in [-0.1, -0.05) is 54.6 Å². The minimum Gasteiger partial charge on any atom is -0.321 e. The van der Waals surface area contributed by atoms with E-state index in [0.29, 0.717) is 16.9 Å². The molecule has 43 heavy (non-hydrogen) atoms. The van der Waals surface area contributed by atoms with E-state index < -0.39 is 22.9 Å². The maximum atomic E-state index is 14.4. The van der Waals surface area contributed by atoms with Gasteiger partial charge in [0, 0.05) is 28.1 Å². The van der Waals surface area contributed by atoms with E-state index in [9.17, 15) is 23.6 Å². The molecule has 1 aliphatic rings. The van der Waals surface area contributed by atoms with Crippen molar-refractivity contribution in [3.8, 4) is 0 Å². The fraction of sp³-hybridized carbons (Fsp3) is 0.118. The number of rotatable bonds is 8. The van der Waals surface area contributed by atoms with Gasteiger partial charge in [-0.25, -0.2) is 9.29 Å². The molecule has 4 aromatic rings. The highest BCUT2D eigenvalue weighted by molar-refractivity contribution is 8.00. The molecule has 0 bridgehead atoms. The third kappa shape index (κ3) is 6.73. The van der Waals surface area contributed by atoms with Crippen molar-refractivity contribution in [1.29, 1.82) is 0 Å². The van der Waals surface area contributed by atoms with Crippen molar-refractivity contribution in [2.75, 3.05) is 10.2 Å². The molecule has 0 spiro atoms. The zero-order valence-electron chi connectivity index (χ0n) is 23.5. The molecular formula is C34H28FN3O4S. The van der Waals surface area contributed by atoms with Crippen molar-refractivity contribution in [2.24, 2.45) is 0 Å². The summed E-state index contributed by atoms with van der Waals surface area (Å²) in [4.78, 5) is 54.2. The van der Waals surface area contributed by atoms with Crippen molar-refractivity contribution in [3.63, 3.8) is 0 Å². The number of benzene rings is 4. The number of thioether (sulfide) groups is 1. The molecule has 4 amide bonds. The van der Waals surface area contributed by atoms with Crippen molar-refractivity contribution in [1.82, 2.24) is 5.32 Å². The third-order valence-corrected chi connectivity index (χ3v) is 8.09. The quantitative estimate of drug-likeness (QED) is 0.185. The van der Waals surface area contributed by atoms with Crippen LogP contribution in [0.1, 0.15) is 33.5 Å². The van der Waals surface area contributed by atoms with Crippen LogP contribution in [0.3, 0.4) is 0 Å². The second-order valence-corrected chi connectivity index (χ2v) is 11.3. The lowest BCUT2D eigenvalue weighted by Crippen LogP contribution is -2.32. The van der Waals surface area contributed by atoms with Gasteiger partial charge in [0.05, 0.1) is 10.9 Å². The topological polar surface area (TPSA) is 95.6 Å². The first-order chi connectivity index (χ1) is 20.7. The maximum absolute atomic E-state index is 14.4. The van der Waals surface area contributed by atoms with Crippen molar-refractivity contribution in [3.05, 3.63) is 131 Å². The van der Waals surface area contributed by atoms with Gasteiger partial charge in [0.1, 0.15) is 11.5 Å². The number of halogens is 1. The molecule has 216 valence electrons. The molecule has 0 saturated carbocycles. The number of nitrogens with zero attached hydrogens (tertiary/aromatic N) is 1. The van der Waals surface area contributed by atoms with Crippen LogP contribution >= 0.6 is 11.8 Å².